The monoisotopic (exact) mass is 215 g/mol. The molecule has 0 aliphatic heterocycles. The lowest BCUT2D eigenvalue weighted by molar-refractivity contribution is 0.711. The van der Waals surface area contributed by atoms with Gasteiger partial charge >= 0.3 is 0 Å². The lowest BCUT2D eigenvalue weighted by Crippen LogP contribution is -2.03. The summed E-state index contributed by atoms with van der Waals surface area (Å²) in [6, 6.07) is 8.30. The fraction of sp³-hybridized carbons (Fsp3) is 0.385. The van der Waals surface area contributed by atoms with E-state index in [9.17, 15) is 0 Å². The Hall–Kier alpha value is -1.64. The standard InChI is InChI=1S/C13H17N3/c1-4-12-14-15-13(16(12)5-2)11-9-7-6-8-10(11)3/h6-9H,4-5H2,1-3H3. The zero-order valence-electron chi connectivity index (χ0n) is 10.1. The van der Waals surface area contributed by atoms with Crippen LogP contribution in [0.3, 0.4) is 0 Å². The van der Waals surface area contributed by atoms with Crippen molar-refractivity contribution < 1.29 is 0 Å². The van der Waals surface area contributed by atoms with Crippen LogP contribution in [0.5, 0.6) is 0 Å². The minimum Gasteiger partial charge on any atom is -0.311 e. The summed E-state index contributed by atoms with van der Waals surface area (Å²) in [7, 11) is 0. The first-order valence-corrected chi connectivity index (χ1v) is 5.76. The number of benzene rings is 1. The molecule has 3 heteroatoms. The van der Waals surface area contributed by atoms with Crippen LogP contribution in [0.15, 0.2) is 24.3 Å². The van der Waals surface area contributed by atoms with Gasteiger partial charge in [-0.3, -0.25) is 0 Å². The van der Waals surface area contributed by atoms with E-state index in [1.54, 1.807) is 0 Å². The van der Waals surface area contributed by atoms with E-state index in [0.29, 0.717) is 0 Å². The van der Waals surface area contributed by atoms with E-state index in [2.05, 4.69) is 47.7 Å². The molecule has 2 rings (SSSR count). The van der Waals surface area contributed by atoms with Crippen LogP contribution in [0.1, 0.15) is 25.2 Å². The molecule has 0 saturated heterocycles. The first-order chi connectivity index (χ1) is 7.77. The van der Waals surface area contributed by atoms with E-state index in [4.69, 9.17) is 0 Å². The van der Waals surface area contributed by atoms with Crippen LogP contribution in [0.2, 0.25) is 0 Å². The number of aryl methyl sites for hydroxylation is 2. The van der Waals surface area contributed by atoms with E-state index < -0.39 is 0 Å². The molecule has 0 saturated carbocycles. The van der Waals surface area contributed by atoms with E-state index in [-0.39, 0.29) is 0 Å². The van der Waals surface area contributed by atoms with Gasteiger partial charge in [-0.15, -0.1) is 10.2 Å². The van der Waals surface area contributed by atoms with Crippen LogP contribution in [0.25, 0.3) is 11.4 Å². The van der Waals surface area contributed by atoms with Crippen LogP contribution in [-0.2, 0) is 13.0 Å². The van der Waals surface area contributed by atoms with Gasteiger partial charge in [-0.05, 0) is 19.4 Å². The summed E-state index contributed by atoms with van der Waals surface area (Å²) in [4.78, 5) is 0. The summed E-state index contributed by atoms with van der Waals surface area (Å²) in [5.41, 5.74) is 2.42. The van der Waals surface area contributed by atoms with Gasteiger partial charge in [0.25, 0.3) is 0 Å². The lowest BCUT2D eigenvalue weighted by atomic mass is 10.1. The van der Waals surface area contributed by atoms with Crippen LogP contribution in [0.4, 0.5) is 0 Å². The molecule has 0 aliphatic rings. The second-order valence-electron chi connectivity index (χ2n) is 3.85. The largest absolute Gasteiger partial charge is 0.311 e. The molecule has 0 atom stereocenters. The van der Waals surface area contributed by atoms with Crippen molar-refractivity contribution in [2.45, 2.75) is 33.7 Å². The Kier molecular flexibility index (Phi) is 3.04. The molecule has 0 radical (unpaired) electrons. The van der Waals surface area contributed by atoms with Crippen molar-refractivity contribution in [3.05, 3.63) is 35.7 Å². The summed E-state index contributed by atoms with van der Waals surface area (Å²) in [6.07, 6.45) is 0.923. The van der Waals surface area contributed by atoms with Crippen LogP contribution >= 0.6 is 0 Å². The van der Waals surface area contributed by atoms with Gasteiger partial charge in [0, 0.05) is 18.5 Å². The second-order valence-corrected chi connectivity index (χ2v) is 3.85. The van der Waals surface area contributed by atoms with E-state index >= 15 is 0 Å². The molecule has 3 nitrogen and oxygen atoms in total. The number of hydrogen-bond donors (Lipinski definition) is 0. The minimum atomic E-state index is 0.917. The van der Waals surface area contributed by atoms with Gasteiger partial charge < -0.3 is 4.57 Å². The van der Waals surface area contributed by atoms with Crippen molar-refractivity contribution in [1.82, 2.24) is 14.8 Å². The molecule has 84 valence electrons. The van der Waals surface area contributed by atoms with Gasteiger partial charge in [-0.1, -0.05) is 31.2 Å². The number of nitrogens with zero attached hydrogens (tertiary/aromatic N) is 3. The summed E-state index contributed by atoms with van der Waals surface area (Å²) in [5.74, 6) is 2.04. The minimum absolute atomic E-state index is 0.917. The third-order valence-corrected chi connectivity index (χ3v) is 2.85. The number of hydrogen-bond acceptors (Lipinski definition) is 2. The lowest BCUT2D eigenvalue weighted by Gasteiger charge is -2.08. The molecule has 16 heavy (non-hydrogen) atoms. The maximum absolute atomic E-state index is 4.30. The smallest absolute Gasteiger partial charge is 0.164 e. The topological polar surface area (TPSA) is 30.7 Å². The van der Waals surface area contributed by atoms with Gasteiger partial charge in [-0.2, -0.15) is 0 Å². The van der Waals surface area contributed by atoms with Crippen molar-refractivity contribution in [2.24, 2.45) is 0 Å². The predicted molar refractivity (Wildman–Crippen MR) is 65.2 cm³/mol. The molecule has 0 fully saturated rings. The third-order valence-electron chi connectivity index (χ3n) is 2.85. The number of aromatic nitrogens is 3. The third kappa shape index (κ3) is 1.73. The maximum Gasteiger partial charge on any atom is 0.164 e. The molecule has 1 aromatic carbocycles. The zero-order valence-corrected chi connectivity index (χ0v) is 10.1. The van der Waals surface area contributed by atoms with Crippen LogP contribution in [0, 0.1) is 6.92 Å². The molecule has 0 unspecified atom stereocenters. The van der Waals surface area contributed by atoms with Crippen molar-refractivity contribution in [3.63, 3.8) is 0 Å². The van der Waals surface area contributed by atoms with Crippen molar-refractivity contribution >= 4 is 0 Å². The molecule has 0 aliphatic carbocycles. The summed E-state index contributed by atoms with van der Waals surface area (Å²) in [5, 5.41) is 8.54. The molecule has 0 bridgehead atoms. The summed E-state index contributed by atoms with van der Waals surface area (Å²) >= 11 is 0. The Morgan fingerprint density at radius 1 is 1.12 bits per heavy atom. The highest BCUT2D eigenvalue weighted by molar-refractivity contribution is 5.60. The van der Waals surface area contributed by atoms with Crippen molar-refractivity contribution in [2.75, 3.05) is 0 Å². The fourth-order valence-corrected chi connectivity index (χ4v) is 1.95. The quantitative estimate of drug-likeness (QED) is 0.788. The molecule has 1 heterocycles. The summed E-state index contributed by atoms with van der Waals surface area (Å²) < 4.78 is 2.18. The Morgan fingerprint density at radius 2 is 1.88 bits per heavy atom. The summed E-state index contributed by atoms with van der Waals surface area (Å²) in [6.45, 7) is 7.26. The number of rotatable bonds is 3. The van der Waals surface area contributed by atoms with Crippen LogP contribution < -0.4 is 0 Å². The average Bonchev–Trinajstić information content (AvgIpc) is 2.72. The SMILES string of the molecule is CCc1nnc(-c2ccccc2C)n1CC. The molecular formula is C13H17N3. The van der Waals surface area contributed by atoms with Gasteiger partial charge in [0.2, 0.25) is 0 Å². The Balaban J connectivity index is 2.56. The first kappa shape index (κ1) is 10.9. The van der Waals surface area contributed by atoms with E-state index in [1.807, 2.05) is 12.1 Å². The highest BCUT2D eigenvalue weighted by Crippen LogP contribution is 2.22. The average molecular weight is 215 g/mol. The fourth-order valence-electron chi connectivity index (χ4n) is 1.95. The van der Waals surface area contributed by atoms with Gasteiger partial charge in [-0.25, -0.2) is 0 Å². The first-order valence-electron chi connectivity index (χ1n) is 5.76. The molecule has 0 amide bonds. The predicted octanol–water partition coefficient (Wildman–Crippen LogP) is 2.84. The maximum atomic E-state index is 4.30. The van der Waals surface area contributed by atoms with Gasteiger partial charge in [0.15, 0.2) is 5.82 Å². The van der Waals surface area contributed by atoms with Crippen molar-refractivity contribution in [3.8, 4) is 11.4 Å². The van der Waals surface area contributed by atoms with Crippen molar-refractivity contribution in [1.29, 1.82) is 0 Å². The van der Waals surface area contributed by atoms with Crippen LogP contribution in [-0.4, -0.2) is 14.8 Å². The second kappa shape index (κ2) is 4.47. The molecular weight excluding hydrogens is 198 g/mol. The van der Waals surface area contributed by atoms with Gasteiger partial charge in [0.1, 0.15) is 5.82 Å². The Bertz CT molecular complexity index is 486. The molecule has 1 aromatic heterocycles. The Labute approximate surface area is 96.1 Å². The highest BCUT2D eigenvalue weighted by Gasteiger charge is 2.12. The Morgan fingerprint density at radius 3 is 2.50 bits per heavy atom. The van der Waals surface area contributed by atoms with E-state index in [1.165, 1.54) is 11.1 Å². The molecule has 0 N–H and O–H groups in total. The van der Waals surface area contributed by atoms with Gasteiger partial charge in [0.05, 0.1) is 0 Å². The van der Waals surface area contributed by atoms with E-state index in [0.717, 1.165) is 24.6 Å². The zero-order chi connectivity index (χ0) is 11.5. The highest BCUT2D eigenvalue weighted by atomic mass is 15.3. The molecule has 2 aromatic rings. The molecule has 0 spiro atoms. The normalized spacial score (nSPS) is 10.7.